The van der Waals surface area contributed by atoms with E-state index in [9.17, 15) is 0 Å². The van der Waals surface area contributed by atoms with E-state index in [-0.39, 0.29) is 5.92 Å². The van der Waals surface area contributed by atoms with E-state index >= 15 is 0 Å². The van der Waals surface area contributed by atoms with Gasteiger partial charge in [0.15, 0.2) is 0 Å². The van der Waals surface area contributed by atoms with E-state index in [0.717, 1.165) is 29.9 Å². The number of hydrogen-bond donors (Lipinski definition) is 1. The number of benzene rings is 2. The van der Waals surface area contributed by atoms with E-state index in [1.54, 1.807) is 14.2 Å². The Balaban J connectivity index is 2.16. The Morgan fingerprint density at radius 3 is 2.38 bits per heavy atom. The van der Waals surface area contributed by atoms with Crippen molar-refractivity contribution in [2.75, 3.05) is 20.8 Å². The van der Waals surface area contributed by atoms with Gasteiger partial charge in [-0.2, -0.15) is 0 Å². The van der Waals surface area contributed by atoms with Crippen LogP contribution in [0.3, 0.4) is 0 Å². The van der Waals surface area contributed by atoms with Gasteiger partial charge in [-0.05, 0) is 43.1 Å². The lowest BCUT2D eigenvalue weighted by molar-refractivity contribution is 0.394. The van der Waals surface area contributed by atoms with Gasteiger partial charge in [0.1, 0.15) is 11.5 Å². The van der Waals surface area contributed by atoms with Crippen molar-refractivity contribution in [3.8, 4) is 11.5 Å². The molecule has 2 N–H and O–H groups in total. The maximum absolute atomic E-state index is 5.99. The van der Waals surface area contributed by atoms with Crippen LogP contribution in [0.25, 0.3) is 0 Å². The van der Waals surface area contributed by atoms with Crippen LogP contribution in [0.5, 0.6) is 11.5 Å². The molecule has 0 amide bonds. The fourth-order valence-electron chi connectivity index (χ4n) is 2.54. The molecule has 0 radical (unpaired) electrons. The molecule has 2 aromatic rings. The van der Waals surface area contributed by atoms with Gasteiger partial charge in [-0.3, -0.25) is 0 Å². The van der Waals surface area contributed by atoms with Gasteiger partial charge >= 0.3 is 0 Å². The Kier molecular flexibility index (Phi) is 5.64. The van der Waals surface area contributed by atoms with Crippen LogP contribution < -0.4 is 15.2 Å². The van der Waals surface area contributed by atoms with Crippen molar-refractivity contribution in [2.45, 2.75) is 18.8 Å². The molecule has 112 valence electrons. The van der Waals surface area contributed by atoms with Gasteiger partial charge in [-0.15, -0.1) is 0 Å². The molecule has 0 saturated heterocycles. The Morgan fingerprint density at radius 2 is 1.76 bits per heavy atom. The van der Waals surface area contributed by atoms with Crippen LogP contribution in [-0.4, -0.2) is 20.8 Å². The van der Waals surface area contributed by atoms with Gasteiger partial charge in [-0.1, -0.05) is 30.3 Å². The first-order chi connectivity index (χ1) is 10.3. The summed E-state index contributed by atoms with van der Waals surface area (Å²) in [6.45, 7) is 0.594. The molecule has 0 bridgehead atoms. The lowest BCUT2D eigenvalue weighted by Crippen LogP contribution is -2.14. The molecule has 1 atom stereocenters. The molecule has 0 fully saturated rings. The van der Waals surface area contributed by atoms with Gasteiger partial charge in [0, 0.05) is 11.5 Å². The summed E-state index contributed by atoms with van der Waals surface area (Å²) in [6.07, 6.45) is 1.99. The number of rotatable bonds is 7. The summed E-state index contributed by atoms with van der Waals surface area (Å²) < 4.78 is 10.8. The van der Waals surface area contributed by atoms with Crippen LogP contribution >= 0.6 is 0 Å². The first kappa shape index (κ1) is 15.4. The van der Waals surface area contributed by atoms with E-state index in [1.807, 2.05) is 24.3 Å². The predicted molar refractivity (Wildman–Crippen MR) is 86.1 cm³/mol. The minimum Gasteiger partial charge on any atom is -0.497 e. The SMILES string of the molecule is COc1ccc(OC)c(C(CN)CCc2ccccc2)c1. The monoisotopic (exact) mass is 285 g/mol. The molecule has 21 heavy (non-hydrogen) atoms. The molecular formula is C18H23NO2. The number of methoxy groups -OCH3 is 2. The second-order valence-electron chi connectivity index (χ2n) is 5.06. The maximum atomic E-state index is 5.99. The molecule has 2 rings (SSSR count). The second kappa shape index (κ2) is 7.70. The van der Waals surface area contributed by atoms with Crippen LogP contribution in [0.2, 0.25) is 0 Å². The third-order valence-electron chi connectivity index (χ3n) is 3.79. The molecule has 0 saturated carbocycles. The van der Waals surface area contributed by atoms with Crippen LogP contribution in [0, 0.1) is 0 Å². The summed E-state index contributed by atoms with van der Waals surface area (Å²) in [7, 11) is 3.36. The zero-order valence-corrected chi connectivity index (χ0v) is 12.7. The molecule has 0 aliphatic heterocycles. The molecule has 2 aromatic carbocycles. The maximum Gasteiger partial charge on any atom is 0.122 e. The largest absolute Gasteiger partial charge is 0.497 e. The molecule has 0 aliphatic rings. The zero-order chi connectivity index (χ0) is 15.1. The highest BCUT2D eigenvalue weighted by molar-refractivity contribution is 5.42. The van der Waals surface area contributed by atoms with E-state index in [4.69, 9.17) is 15.2 Å². The van der Waals surface area contributed by atoms with Gasteiger partial charge in [0.05, 0.1) is 14.2 Å². The molecule has 0 spiro atoms. The third-order valence-corrected chi connectivity index (χ3v) is 3.79. The Labute approximate surface area is 126 Å². The average Bonchev–Trinajstić information content (AvgIpc) is 2.56. The quantitative estimate of drug-likeness (QED) is 0.848. The van der Waals surface area contributed by atoms with E-state index in [1.165, 1.54) is 5.56 Å². The fraction of sp³-hybridized carbons (Fsp3) is 0.333. The van der Waals surface area contributed by atoms with Crippen molar-refractivity contribution in [3.05, 3.63) is 59.7 Å². The normalized spacial score (nSPS) is 12.0. The molecule has 0 heterocycles. The molecular weight excluding hydrogens is 262 g/mol. The number of hydrogen-bond acceptors (Lipinski definition) is 3. The highest BCUT2D eigenvalue weighted by Crippen LogP contribution is 2.32. The van der Waals surface area contributed by atoms with Crippen LogP contribution in [0.1, 0.15) is 23.5 Å². The smallest absolute Gasteiger partial charge is 0.122 e. The van der Waals surface area contributed by atoms with Crippen LogP contribution in [0.15, 0.2) is 48.5 Å². The van der Waals surface area contributed by atoms with E-state index in [0.29, 0.717) is 6.54 Å². The number of aryl methyl sites for hydroxylation is 1. The first-order valence-electron chi connectivity index (χ1n) is 7.24. The first-order valence-corrected chi connectivity index (χ1v) is 7.24. The Morgan fingerprint density at radius 1 is 1.00 bits per heavy atom. The van der Waals surface area contributed by atoms with Crippen molar-refractivity contribution in [1.29, 1.82) is 0 Å². The minimum atomic E-state index is 0.259. The number of ether oxygens (including phenoxy) is 2. The van der Waals surface area contributed by atoms with Gasteiger partial charge in [-0.25, -0.2) is 0 Å². The fourth-order valence-corrected chi connectivity index (χ4v) is 2.54. The highest BCUT2D eigenvalue weighted by atomic mass is 16.5. The van der Waals surface area contributed by atoms with E-state index < -0.39 is 0 Å². The molecule has 0 aliphatic carbocycles. The van der Waals surface area contributed by atoms with Crippen molar-refractivity contribution in [2.24, 2.45) is 5.73 Å². The highest BCUT2D eigenvalue weighted by Gasteiger charge is 2.16. The summed E-state index contributed by atoms with van der Waals surface area (Å²) in [5.41, 5.74) is 8.44. The zero-order valence-electron chi connectivity index (χ0n) is 12.7. The summed E-state index contributed by atoms with van der Waals surface area (Å²) in [5.74, 6) is 1.97. The summed E-state index contributed by atoms with van der Waals surface area (Å²) in [5, 5.41) is 0. The van der Waals surface area contributed by atoms with Gasteiger partial charge in [0.25, 0.3) is 0 Å². The molecule has 0 aromatic heterocycles. The summed E-state index contributed by atoms with van der Waals surface area (Å²) in [6, 6.07) is 16.4. The standard InChI is InChI=1S/C18H23NO2/c1-20-16-10-11-18(21-2)17(12-16)15(13-19)9-8-14-6-4-3-5-7-14/h3-7,10-12,15H,8-9,13,19H2,1-2H3. The second-order valence-corrected chi connectivity index (χ2v) is 5.06. The Bertz CT molecular complexity index is 554. The number of nitrogens with two attached hydrogens (primary N) is 1. The van der Waals surface area contributed by atoms with Crippen LogP contribution in [-0.2, 0) is 6.42 Å². The van der Waals surface area contributed by atoms with Crippen LogP contribution in [0.4, 0.5) is 0 Å². The minimum absolute atomic E-state index is 0.259. The molecule has 1 unspecified atom stereocenters. The molecule has 3 nitrogen and oxygen atoms in total. The summed E-state index contributed by atoms with van der Waals surface area (Å²) >= 11 is 0. The van der Waals surface area contributed by atoms with Crippen molar-refractivity contribution in [1.82, 2.24) is 0 Å². The van der Waals surface area contributed by atoms with Crippen molar-refractivity contribution < 1.29 is 9.47 Å². The topological polar surface area (TPSA) is 44.5 Å². The van der Waals surface area contributed by atoms with Crippen molar-refractivity contribution >= 4 is 0 Å². The molecule has 3 heteroatoms. The third kappa shape index (κ3) is 3.99. The summed E-state index contributed by atoms with van der Waals surface area (Å²) in [4.78, 5) is 0. The average molecular weight is 285 g/mol. The van der Waals surface area contributed by atoms with Crippen molar-refractivity contribution in [3.63, 3.8) is 0 Å². The predicted octanol–water partition coefficient (Wildman–Crippen LogP) is 3.38. The lowest BCUT2D eigenvalue weighted by Gasteiger charge is -2.19. The van der Waals surface area contributed by atoms with Gasteiger partial charge in [0.2, 0.25) is 0 Å². The van der Waals surface area contributed by atoms with Gasteiger partial charge < -0.3 is 15.2 Å². The Hall–Kier alpha value is -2.00. The lowest BCUT2D eigenvalue weighted by atomic mass is 9.91. The van der Waals surface area contributed by atoms with E-state index in [2.05, 4.69) is 24.3 Å².